The Morgan fingerprint density at radius 1 is 1.35 bits per heavy atom. The van der Waals surface area contributed by atoms with E-state index in [1.54, 1.807) is 18.3 Å². The molecule has 1 amide bonds. The Labute approximate surface area is 158 Å². The number of morpholine rings is 1. The van der Waals surface area contributed by atoms with Gasteiger partial charge in [-0.3, -0.25) is 9.78 Å². The van der Waals surface area contributed by atoms with E-state index in [9.17, 15) is 4.79 Å². The van der Waals surface area contributed by atoms with Crippen LogP contribution in [0.15, 0.2) is 42.6 Å². The van der Waals surface area contributed by atoms with Crippen LogP contribution in [0.25, 0.3) is 0 Å². The third-order valence-corrected chi connectivity index (χ3v) is 4.41. The van der Waals surface area contributed by atoms with Crippen molar-refractivity contribution < 1.29 is 14.3 Å². The summed E-state index contributed by atoms with van der Waals surface area (Å²) in [6.45, 7) is 4.63. The highest BCUT2D eigenvalue weighted by atomic mass is 35.5. The highest BCUT2D eigenvalue weighted by Crippen LogP contribution is 2.28. The molecule has 0 saturated carbocycles. The first-order valence-electron chi connectivity index (χ1n) is 8.59. The molecule has 0 bridgehead atoms. The number of pyridine rings is 1. The van der Waals surface area contributed by atoms with Gasteiger partial charge in [-0.25, -0.2) is 0 Å². The molecule has 2 heterocycles. The lowest BCUT2D eigenvalue weighted by molar-refractivity contribution is -0.135. The second-order valence-electron chi connectivity index (χ2n) is 6.06. The van der Waals surface area contributed by atoms with Crippen LogP contribution in [0.5, 0.6) is 5.75 Å². The summed E-state index contributed by atoms with van der Waals surface area (Å²) in [5.41, 5.74) is 1.60. The largest absolute Gasteiger partial charge is 0.486 e. The van der Waals surface area contributed by atoms with Gasteiger partial charge in [-0.05, 0) is 37.3 Å². The van der Waals surface area contributed by atoms with E-state index in [2.05, 4.69) is 10.3 Å². The zero-order valence-electron chi connectivity index (χ0n) is 14.7. The molecule has 1 fully saturated rings. The maximum atomic E-state index is 12.5. The molecule has 26 heavy (non-hydrogen) atoms. The third kappa shape index (κ3) is 4.86. The van der Waals surface area contributed by atoms with Gasteiger partial charge in [0.1, 0.15) is 18.4 Å². The van der Waals surface area contributed by atoms with Crippen molar-refractivity contribution in [1.82, 2.24) is 9.88 Å². The zero-order chi connectivity index (χ0) is 18.4. The molecule has 1 aromatic carbocycles. The van der Waals surface area contributed by atoms with Gasteiger partial charge < -0.3 is 19.7 Å². The van der Waals surface area contributed by atoms with Gasteiger partial charge in [0.05, 0.1) is 23.9 Å². The molecule has 0 unspecified atom stereocenters. The quantitative estimate of drug-likeness (QED) is 0.841. The molecule has 2 aromatic rings. The summed E-state index contributed by atoms with van der Waals surface area (Å²) < 4.78 is 11.0. The van der Waals surface area contributed by atoms with Gasteiger partial charge in [0.2, 0.25) is 5.91 Å². The predicted octanol–water partition coefficient (Wildman–Crippen LogP) is 2.97. The van der Waals surface area contributed by atoms with Crippen LogP contribution in [0, 0.1) is 0 Å². The highest BCUT2D eigenvalue weighted by molar-refractivity contribution is 6.32. The lowest BCUT2D eigenvalue weighted by atomic mass is 10.2. The van der Waals surface area contributed by atoms with Crippen molar-refractivity contribution in [3.8, 4) is 5.75 Å². The molecule has 0 radical (unpaired) electrons. The molecule has 1 saturated heterocycles. The fraction of sp³-hybridized carbons (Fsp3) is 0.368. The van der Waals surface area contributed by atoms with Crippen LogP contribution >= 0.6 is 11.6 Å². The van der Waals surface area contributed by atoms with Crippen molar-refractivity contribution in [2.75, 3.05) is 31.6 Å². The normalized spacial score (nSPS) is 15.4. The molecule has 1 N–H and O–H groups in total. The first-order chi connectivity index (χ1) is 12.6. The van der Waals surface area contributed by atoms with Gasteiger partial charge in [0.25, 0.3) is 0 Å². The summed E-state index contributed by atoms with van der Waals surface area (Å²) >= 11 is 6.31. The Morgan fingerprint density at radius 2 is 2.15 bits per heavy atom. The molecule has 1 atom stereocenters. The number of nitrogens with one attached hydrogen (secondary N) is 1. The van der Waals surface area contributed by atoms with Crippen molar-refractivity contribution in [1.29, 1.82) is 0 Å². The minimum atomic E-state index is -0.343. The number of ether oxygens (including phenoxy) is 2. The Hall–Kier alpha value is -2.31. The van der Waals surface area contributed by atoms with Crippen molar-refractivity contribution in [3.05, 3.63) is 53.3 Å². The molecular weight excluding hydrogens is 354 g/mol. The van der Waals surface area contributed by atoms with E-state index in [4.69, 9.17) is 21.1 Å². The maximum absolute atomic E-state index is 12.5. The molecule has 0 spiro atoms. The zero-order valence-corrected chi connectivity index (χ0v) is 15.4. The van der Waals surface area contributed by atoms with Gasteiger partial charge in [-0.1, -0.05) is 17.7 Å². The van der Waals surface area contributed by atoms with E-state index < -0.39 is 0 Å². The minimum absolute atomic E-state index is 0.0555. The number of hydrogen-bond donors (Lipinski definition) is 1. The minimum Gasteiger partial charge on any atom is -0.486 e. The molecular formula is C19H22ClN3O3. The van der Waals surface area contributed by atoms with Crippen LogP contribution in [-0.2, 0) is 16.1 Å². The average Bonchev–Trinajstić information content (AvgIpc) is 2.68. The van der Waals surface area contributed by atoms with Crippen molar-refractivity contribution in [2.45, 2.75) is 19.6 Å². The third-order valence-electron chi connectivity index (χ3n) is 4.11. The van der Waals surface area contributed by atoms with Crippen LogP contribution in [0.1, 0.15) is 12.6 Å². The molecule has 1 aliphatic rings. The van der Waals surface area contributed by atoms with E-state index >= 15 is 0 Å². The number of anilines is 1. The molecule has 6 nitrogen and oxygen atoms in total. The monoisotopic (exact) mass is 375 g/mol. The van der Waals surface area contributed by atoms with Gasteiger partial charge in [0, 0.05) is 25.0 Å². The van der Waals surface area contributed by atoms with Crippen LogP contribution in [0.4, 0.5) is 5.69 Å². The molecule has 0 aliphatic carbocycles. The number of nitrogens with zero attached hydrogens (tertiary/aromatic N) is 2. The molecule has 1 aliphatic heterocycles. The Bertz CT molecular complexity index is 736. The number of carbonyl (C=O) groups is 1. The summed E-state index contributed by atoms with van der Waals surface area (Å²) in [4.78, 5) is 18.5. The second-order valence-corrected chi connectivity index (χ2v) is 6.47. The molecule has 138 valence electrons. The number of carbonyl (C=O) groups excluding carboxylic acids is 1. The number of rotatable bonds is 6. The van der Waals surface area contributed by atoms with Crippen molar-refractivity contribution in [2.24, 2.45) is 0 Å². The average molecular weight is 376 g/mol. The van der Waals surface area contributed by atoms with Crippen LogP contribution in [-0.4, -0.2) is 48.1 Å². The van der Waals surface area contributed by atoms with Crippen molar-refractivity contribution >= 4 is 23.2 Å². The van der Waals surface area contributed by atoms with Crippen LogP contribution in [0.2, 0.25) is 5.02 Å². The number of halogens is 1. The first kappa shape index (κ1) is 18.5. The summed E-state index contributed by atoms with van der Waals surface area (Å²) in [5, 5.41) is 3.68. The molecule has 3 rings (SSSR count). The summed E-state index contributed by atoms with van der Waals surface area (Å²) in [6.07, 6.45) is 1.72. The van der Waals surface area contributed by atoms with E-state index in [0.717, 1.165) is 11.4 Å². The van der Waals surface area contributed by atoms with E-state index in [1.807, 2.05) is 36.1 Å². The van der Waals surface area contributed by atoms with Crippen LogP contribution < -0.4 is 10.1 Å². The smallest absolute Gasteiger partial charge is 0.244 e. The van der Waals surface area contributed by atoms with E-state index in [0.29, 0.717) is 43.7 Å². The molecule has 1 aromatic heterocycles. The lowest BCUT2D eigenvalue weighted by Crippen LogP contribution is -2.46. The standard InChI is InChI=1S/C19H22ClN3O3/c1-14(19(24)23-8-10-25-11-9-23)22-15-5-6-18(17(20)12-15)26-13-16-4-2-3-7-21-16/h2-7,12,14,22H,8-11,13H2,1H3/t14-/m1/s1. The predicted molar refractivity (Wildman–Crippen MR) is 101 cm³/mol. The summed E-state index contributed by atoms with van der Waals surface area (Å²) in [6, 6.07) is 10.7. The fourth-order valence-corrected chi connectivity index (χ4v) is 2.95. The van der Waals surface area contributed by atoms with Crippen LogP contribution in [0.3, 0.4) is 0 Å². The molecule has 7 heteroatoms. The van der Waals surface area contributed by atoms with Gasteiger partial charge in [-0.2, -0.15) is 0 Å². The summed E-state index contributed by atoms with van der Waals surface area (Å²) in [7, 11) is 0. The first-order valence-corrected chi connectivity index (χ1v) is 8.96. The number of aromatic nitrogens is 1. The number of benzene rings is 1. The van der Waals surface area contributed by atoms with Gasteiger partial charge in [0.15, 0.2) is 0 Å². The Kier molecular flexibility index (Phi) is 6.30. The summed E-state index contributed by atoms with van der Waals surface area (Å²) in [5.74, 6) is 0.634. The lowest BCUT2D eigenvalue weighted by Gasteiger charge is -2.29. The SMILES string of the molecule is C[C@@H](Nc1ccc(OCc2ccccn2)c(Cl)c1)C(=O)N1CCOCC1. The van der Waals surface area contributed by atoms with E-state index in [1.165, 1.54) is 0 Å². The Balaban J connectivity index is 1.57. The Morgan fingerprint density at radius 3 is 2.85 bits per heavy atom. The number of amides is 1. The topological polar surface area (TPSA) is 63.7 Å². The van der Waals surface area contributed by atoms with Crippen molar-refractivity contribution in [3.63, 3.8) is 0 Å². The van der Waals surface area contributed by atoms with E-state index in [-0.39, 0.29) is 11.9 Å². The fourth-order valence-electron chi connectivity index (χ4n) is 2.71. The number of hydrogen-bond acceptors (Lipinski definition) is 5. The van der Waals surface area contributed by atoms with Gasteiger partial charge in [-0.15, -0.1) is 0 Å². The van der Waals surface area contributed by atoms with Gasteiger partial charge >= 0.3 is 0 Å². The maximum Gasteiger partial charge on any atom is 0.244 e. The second kappa shape index (κ2) is 8.87. The highest BCUT2D eigenvalue weighted by Gasteiger charge is 2.22.